The Morgan fingerprint density at radius 1 is 1.27 bits per heavy atom. The lowest BCUT2D eigenvalue weighted by Crippen LogP contribution is -2.59. The molecular formula is C26H36F2N8O. The number of amidine groups is 1. The number of carbonyl (C=O) groups is 1. The van der Waals surface area contributed by atoms with Crippen molar-refractivity contribution in [2.75, 3.05) is 44.7 Å². The summed E-state index contributed by atoms with van der Waals surface area (Å²) in [5.41, 5.74) is 2.75. The SMILES string of the molecule is CNC(=O)N1CCC(NC2CCNC2)C(C(=N)N2CCCc3cc(-c4cnn(C)c4)c(C(F)F)cc32)C1. The number of urea groups is 1. The van der Waals surface area contributed by atoms with E-state index in [1.807, 2.05) is 11.0 Å². The Morgan fingerprint density at radius 3 is 2.78 bits per heavy atom. The molecule has 9 nitrogen and oxygen atoms in total. The quantitative estimate of drug-likeness (QED) is 0.363. The number of rotatable bonds is 5. The van der Waals surface area contributed by atoms with Gasteiger partial charge >= 0.3 is 6.03 Å². The molecule has 3 aliphatic heterocycles. The second-order valence-electron chi connectivity index (χ2n) is 10.3. The lowest BCUT2D eigenvalue weighted by Gasteiger charge is -2.43. The summed E-state index contributed by atoms with van der Waals surface area (Å²) < 4.78 is 30.2. The normalized spacial score (nSPS) is 23.9. The van der Waals surface area contributed by atoms with Crippen LogP contribution in [-0.4, -0.2) is 78.4 Å². The van der Waals surface area contributed by atoms with E-state index in [2.05, 4.69) is 21.0 Å². The van der Waals surface area contributed by atoms with Gasteiger partial charge in [0.05, 0.1) is 6.20 Å². The number of amides is 2. The van der Waals surface area contributed by atoms with Crippen molar-refractivity contribution in [3.63, 3.8) is 0 Å². The van der Waals surface area contributed by atoms with Gasteiger partial charge in [0.15, 0.2) is 0 Å². The van der Waals surface area contributed by atoms with E-state index in [4.69, 9.17) is 0 Å². The first-order chi connectivity index (χ1) is 17.9. The van der Waals surface area contributed by atoms with E-state index in [1.165, 1.54) is 0 Å². The minimum Gasteiger partial charge on any atom is -0.341 e. The van der Waals surface area contributed by atoms with Crippen LogP contribution in [-0.2, 0) is 13.5 Å². The van der Waals surface area contributed by atoms with Gasteiger partial charge in [0.1, 0.15) is 5.84 Å². The number of nitrogens with one attached hydrogen (secondary N) is 4. The van der Waals surface area contributed by atoms with E-state index in [0.717, 1.165) is 44.3 Å². The zero-order valence-electron chi connectivity index (χ0n) is 21.4. The molecular weight excluding hydrogens is 478 g/mol. The Morgan fingerprint density at radius 2 is 2.11 bits per heavy atom. The number of anilines is 1. The summed E-state index contributed by atoms with van der Waals surface area (Å²) in [6.45, 7) is 3.47. The molecule has 0 spiro atoms. The number of carbonyl (C=O) groups excluding carboxylic acids is 1. The van der Waals surface area contributed by atoms with E-state index < -0.39 is 6.43 Å². The van der Waals surface area contributed by atoms with Crippen molar-refractivity contribution in [3.8, 4) is 11.1 Å². The topological polar surface area (TPSA) is 101 Å². The molecule has 3 atom stereocenters. The number of fused-ring (bicyclic) bond motifs is 1. The van der Waals surface area contributed by atoms with Crippen LogP contribution in [0.3, 0.4) is 0 Å². The molecule has 2 fully saturated rings. The third-order valence-electron chi connectivity index (χ3n) is 7.89. The van der Waals surface area contributed by atoms with Crippen molar-refractivity contribution in [1.29, 1.82) is 5.41 Å². The van der Waals surface area contributed by atoms with Crippen molar-refractivity contribution in [3.05, 3.63) is 35.7 Å². The van der Waals surface area contributed by atoms with E-state index >= 15 is 0 Å². The van der Waals surface area contributed by atoms with Crippen LogP contribution in [0.1, 0.15) is 36.8 Å². The third-order valence-corrected chi connectivity index (χ3v) is 7.89. The van der Waals surface area contributed by atoms with Gasteiger partial charge in [-0.2, -0.15) is 5.10 Å². The fourth-order valence-corrected chi connectivity index (χ4v) is 5.96. The largest absolute Gasteiger partial charge is 0.341 e. The molecule has 0 bridgehead atoms. The van der Waals surface area contributed by atoms with Crippen molar-refractivity contribution < 1.29 is 13.6 Å². The maximum absolute atomic E-state index is 14.3. The predicted octanol–water partition coefficient (Wildman–Crippen LogP) is 2.74. The molecule has 4 heterocycles. The minimum absolute atomic E-state index is 0.0351. The summed E-state index contributed by atoms with van der Waals surface area (Å²) in [7, 11) is 3.38. The predicted molar refractivity (Wildman–Crippen MR) is 139 cm³/mol. The van der Waals surface area contributed by atoms with Gasteiger partial charge in [0.25, 0.3) is 6.43 Å². The lowest BCUT2D eigenvalue weighted by atomic mass is 9.87. The zero-order chi connectivity index (χ0) is 26.1. The van der Waals surface area contributed by atoms with Gasteiger partial charge in [-0.15, -0.1) is 0 Å². The molecule has 37 heavy (non-hydrogen) atoms. The van der Waals surface area contributed by atoms with Crippen LogP contribution in [0.25, 0.3) is 11.1 Å². The highest BCUT2D eigenvalue weighted by Crippen LogP contribution is 2.39. The van der Waals surface area contributed by atoms with E-state index in [9.17, 15) is 19.0 Å². The van der Waals surface area contributed by atoms with E-state index in [1.54, 1.807) is 42.1 Å². The van der Waals surface area contributed by atoms with Crippen molar-refractivity contribution >= 4 is 17.6 Å². The van der Waals surface area contributed by atoms with Gasteiger partial charge in [-0.3, -0.25) is 10.1 Å². The first-order valence-electron chi connectivity index (χ1n) is 13.1. The number of piperidine rings is 1. The van der Waals surface area contributed by atoms with Gasteiger partial charge in [0.2, 0.25) is 0 Å². The Balaban J connectivity index is 1.47. The Bertz CT molecular complexity index is 1150. The molecule has 3 unspecified atom stereocenters. The molecule has 4 N–H and O–H groups in total. The molecule has 0 radical (unpaired) electrons. The fraction of sp³-hybridized carbons (Fsp3) is 0.577. The fourth-order valence-electron chi connectivity index (χ4n) is 5.96. The summed E-state index contributed by atoms with van der Waals surface area (Å²) in [6, 6.07) is 3.63. The number of hydrogen-bond donors (Lipinski definition) is 4. The molecule has 11 heteroatoms. The monoisotopic (exact) mass is 514 g/mol. The lowest BCUT2D eigenvalue weighted by molar-refractivity contribution is 0.152. The number of hydrogen-bond acceptors (Lipinski definition) is 5. The molecule has 2 amide bonds. The highest BCUT2D eigenvalue weighted by Gasteiger charge is 2.38. The molecule has 3 aliphatic rings. The smallest absolute Gasteiger partial charge is 0.317 e. The average molecular weight is 515 g/mol. The average Bonchev–Trinajstić information content (AvgIpc) is 3.58. The zero-order valence-corrected chi connectivity index (χ0v) is 21.4. The second-order valence-corrected chi connectivity index (χ2v) is 10.3. The first kappa shape index (κ1) is 25.6. The van der Waals surface area contributed by atoms with Gasteiger partial charge in [-0.1, -0.05) is 0 Å². The number of likely N-dealkylation sites (tertiary alicyclic amines) is 1. The number of aryl methyl sites for hydroxylation is 2. The van der Waals surface area contributed by atoms with Crippen molar-refractivity contribution in [1.82, 2.24) is 30.6 Å². The Kier molecular flexibility index (Phi) is 7.43. The van der Waals surface area contributed by atoms with Crippen molar-refractivity contribution in [2.45, 2.75) is 44.2 Å². The van der Waals surface area contributed by atoms with Gasteiger partial charge < -0.3 is 25.8 Å². The third kappa shape index (κ3) is 5.19. The first-order valence-corrected chi connectivity index (χ1v) is 13.1. The number of alkyl halides is 2. The molecule has 1 aromatic heterocycles. The van der Waals surface area contributed by atoms with E-state index in [0.29, 0.717) is 48.3 Å². The van der Waals surface area contributed by atoms with Crippen LogP contribution in [0.2, 0.25) is 0 Å². The minimum atomic E-state index is -2.65. The summed E-state index contributed by atoms with van der Waals surface area (Å²) >= 11 is 0. The number of benzene rings is 1. The standard InChI is InChI=1S/C26H36F2N8O/c1-30-26(37)35-9-6-22(33-18-5-7-31-13-18)21(15-35)25(29)36-8-3-4-16-10-19(17-12-32-34(2)14-17)20(24(27)28)11-23(16)36/h10-12,14,18,21-22,24,29,31,33H,3-9,13,15H2,1-2H3,(H,30,37). The van der Waals surface area contributed by atoms with Crippen LogP contribution < -0.4 is 20.9 Å². The molecule has 0 aliphatic carbocycles. The second kappa shape index (κ2) is 10.7. The highest BCUT2D eigenvalue weighted by molar-refractivity contribution is 5.99. The van der Waals surface area contributed by atoms with Crippen LogP contribution in [0.5, 0.6) is 0 Å². The van der Waals surface area contributed by atoms with Gasteiger partial charge in [0, 0.05) is 81.3 Å². The molecule has 2 aromatic rings. The van der Waals surface area contributed by atoms with E-state index in [-0.39, 0.29) is 23.6 Å². The van der Waals surface area contributed by atoms with Crippen LogP contribution in [0.4, 0.5) is 19.3 Å². The number of aromatic nitrogens is 2. The summed E-state index contributed by atoms with van der Waals surface area (Å²) in [5.74, 6) is 0.137. The highest BCUT2D eigenvalue weighted by atomic mass is 19.3. The maximum Gasteiger partial charge on any atom is 0.317 e. The Hall–Kier alpha value is -3.05. The van der Waals surface area contributed by atoms with Gasteiger partial charge in [-0.05, 0) is 55.5 Å². The maximum atomic E-state index is 14.3. The van der Waals surface area contributed by atoms with Crippen LogP contribution in [0, 0.1) is 11.3 Å². The number of halogens is 2. The Labute approximate surface area is 216 Å². The molecule has 0 saturated carbocycles. The molecule has 2 saturated heterocycles. The van der Waals surface area contributed by atoms with Crippen LogP contribution in [0.15, 0.2) is 24.5 Å². The van der Waals surface area contributed by atoms with Crippen LogP contribution >= 0.6 is 0 Å². The molecule has 200 valence electrons. The molecule has 1 aromatic carbocycles. The summed E-state index contributed by atoms with van der Waals surface area (Å²) in [5, 5.41) is 23.3. The number of nitrogens with zero attached hydrogens (tertiary/aromatic N) is 4. The van der Waals surface area contributed by atoms with Crippen molar-refractivity contribution in [2.24, 2.45) is 13.0 Å². The summed E-state index contributed by atoms with van der Waals surface area (Å²) in [4.78, 5) is 16.1. The summed E-state index contributed by atoms with van der Waals surface area (Å²) in [6.07, 6.45) is 4.06. The van der Waals surface area contributed by atoms with Gasteiger partial charge in [-0.25, -0.2) is 13.6 Å². The molecule has 5 rings (SSSR count).